The van der Waals surface area contributed by atoms with E-state index in [1.807, 2.05) is 20.8 Å². The zero-order valence-electron chi connectivity index (χ0n) is 23.1. The first-order valence-corrected chi connectivity index (χ1v) is 13.8. The molecule has 0 aliphatic heterocycles. The zero-order chi connectivity index (χ0) is 29.3. The second kappa shape index (κ2) is 13.2. The van der Waals surface area contributed by atoms with E-state index in [2.05, 4.69) is 31.2 Å². The molecule has 0 bridgehead atoms. The van der Waals surface area contributed by atoms with Crippen LogP contribution in [0.25, 0.3) is 11.6 Å². The molecule has 11 nitrogen and oxygen atoms in total. The number of ether oxygens (including phenoxy) is 3. The Morgan fingerprint density at radius 2 is 1.75 bits per heavy atom. The van der Waals surface area contributed by atoms with Crippen molar-refractivity contribution in [2.45, 2.75) is 38.0 Å². The minimum atomic E-state index is -4.17. The highest BCUT2D eigenvalue weighted by Gasteiger charge is 2.26. The molecule has 0 aliphatic rings. The minimum Gasteiger partial charge on any atom is -0.493 e. The summed E-state index contributed by atoms with van der Waals surface area (Å²) >= 11 is 0. The monoisotopic (exact) mass is 567 g/mol. The van der Waals surface area contributed by atoms with E-state index in [4.69, 9.17) is 14.2 Å². The van der Waals surface area contributed by atoms with Crippen LogP contribution in [0.1, 0.15) is 33.3 Å². The Kier molecular flexibility index (Phi) is 9.97. The van der Waals surface area contributed by atoms with Gasteiger partial charge in [0.05, 0.1) is 18.6 Å². The van der Waals surface area contributed by atoms with Gasteiger partial charge in [-0.1, -0.05) is 45.6 Å². The lowest BCUT2D eigenvalue weighted by molar-refractivity contribution is 0.191. The van der Waals surface area contributed by atoms with Gasteiger partial charge in [0.2, 0.25) is 11.6 Å². The Bertz CT molecular complexity index is 1480. The molecular weight excluding hydrogens is 534 g/mol. The number of methoxy groups -OCH3 is 1. The van der Waals surface area contributed by atoms with Crippen molar-refractivity contribution in [1.29, 1.82) is 0 Å². The number of anilines is 1. The van der Waals surface area contributed by atoms with Gasteiger partial charge in [-0.05, 0) is 48.3 Å². The Labute approximate surface area is 234 Å². The maximum Gasteiger partial charge on any atom is 0.263 e. The Morgan fingerprint density at radius 3 is 2.30 bits per heavy atom. The number of hydrogen-bond donors (Lipinski definition) is 2. The molecule has 0 saturated heterocycles. The van der Waals surface area contributed by atoms with E-state index in [9.17, 15) is 13.5 Å². The lowest BCUT2D eigenvalue weighted by Crippen LogP contribution is -2.18. The molecule has 40 heavy (non-hydrogen) atoms. The average molecular weight is 568 g/mol. The Hall–Kier alpha value is -4.29. The van der Waals surface area contributed by atoms with Gasteiger partial charge in [-0.3, -0.25) is 4.72 Å². The van der Waals surface area contributed by atoms with E-state index in [0.29, 0.717) is 0 Å². The Balaban J connectivity index is 2.23. The summed E-state index contributed by atoms with van der Waals surface area (Å²) in [6.45, 7) is 11.1. The summed E-state index contributed by atoms with van der Waals surface area (Å²) in [5.41, 5.74) is 0.811. The summed E-state index contributed by atoms with van der Waals surface area (Å²) in [5, 5.41) is 9.42. The summed E-state index contributed by atoms with van der Waals surface area (Å²) in [7, 11) is -2.73. The van der Waals surface area contributed by atoms with E-state index in [1.165, 1.54) is 37.7 Å². The second-order valence-corrected chi connectivity index (χ2v) is 11.0. The molecular formula is C28H33N5O6S. The second-order valence-electron chi connectivity index (χ2n) is 9.29. The van der Waals surface area contributed by atoms with Crippen molar-refractivity contribution in [1.82, 2.24) is 19.9 Å². The number of nitrogens with one attached hydrogen (secondary N) is 1. The standard InChI is InChI=1S/C28H33N5O6S/c1-7-10-22(21(8-2)37-6)39-23-24(33-40(35,36)20-13-11-19(12-14-20)28(3,4)5)31-26(25-29-15-9-16-30-25)32-27(23)38-18-17-34/h7-16,34H,2,17-18H2,1,3-6H3,(H,31,32,33)/b10-7-,22-21-. The number of hydrogen-bond acceptors (Lipinski definition) is 10. The summed E-state index contributed by atoms with van der Waals surface area (Å²) < 4.78 is 46.7. The van der Waals surface area contributed by atoms with Gasteiger partial charge in [0.25, 0.3) is 15.9 Å². The number of aromatic nitrogens is 4. The first kappa shape index (κ1) is 30.3. The topological polar surface area (TPSA) is 146 Å². The first-order valence-electron chi connectivity index (χ1n) is 12.3. The van der Waals surface area contributed by atoms with Crippen LogP contribution in [0.3, 0.4) is 0 Å². The SMILES string of the molecule is C=C/C(OC)=C(\C=C/C)Oc1c(NS(=O)(=O)c2ccc(C(C)(C)C)cc2)nc(-c2ncccn2)nc1OCCO. The van der Waals surface area contributed by atoms with E-state index in [1.54, 1.807) is 37.3 Å². The number of allylic oxidation sites excluding steroid dienone is 3. The van der Waals surface area contributed by atoms with Crippen LogP contribution in [0.15, 0.2) is 83.9 Å². The van der Waals surface area contributed by atoms with E-state index >= 15 is 0 Å². The first-order chi connectivity index (χ1) is 19.0. The molecule has 2 N–H and O–H groups in total. The molecule has 0 radical (unpaired) electrons. The molecule has 0 unspecified atom stereocenters. The number of aliphatic hydroxyl groups excluding tert-OH is 1. The van der Waals surface area contributed by atoms with Crippen LogP contribution in [0.2, 0.25) is 0 Å². The molecule has 1 aromatic carbocycles. The minimum absolute atomic E-state index is 0.00768. The number of sulfonamides is 1. The van der Waals surface area contributed by atoms with Crippen LogP contribution in [-0.2, 0) is 20.2 Å². The molecule has 0 saturated carbocycles. The van der Waals surface area contributed by atoms with Crippen LogP contribution in [-0.4, -0.2) is 53.8 Å². The highest BCUT2D eigenvalue weighted by atomic mass is 32.2. The van der Waals surface area contributed by atoms with Crippen LogP contribution in [0, 0.1) is 0 Å². The fourth-order valence-corrected chi connectivity index (χ4v) is 4.38. The predicted molar refractivity (Wildman–Crippen MR) is 151 cm³/mol. The van der Waals surface area contributed by atoms with Gasteiger partial charge in [-0.15, -0.1) is 0 Å². The fourth-order valence-electron chi connectivity index (χ4n) is 3.38. The maximum atomic E-state index is 13.5. The average Bonchev–Trinajstić information content (AvgIpc) is 2.93. The third-order valence-corrected chi connectivity index (χ3v) is 6.73. The predicted octanol–water partition coefficient (Wildman–Crippen LogP) is 4.40. The molecule has 0 atom stereocenters. The van der Waals surface area contributed by atoms with Crippen molar-refractivity contribution in [3.05, 3.63) is 84.6 Å². The third-order valence-electron chi connectivity index (χ3n) is 5.37. The van der Waals surface area contributed by atoms with Crippen LogP contribution in [0.4, 0.5) is 5.82 Å². The summed E-state index contributed by atoms with van der Waals surface area (Å²) in [5.74, 6) is -0.0581. The maximum absolute atomic E-state index is 13.5. The van der Waals surface area contributed by atoms with Gasteiger partial charge in [0.15, 0.2) is 23.2 Å². The van der Waals surface area contributed by atoms with Crippen molar-refractivity contribution in [3.8, 4) is 23.3 Å². The summed E-state index contributed by atoms with van der Waals surface area (Å²) in [6, 6.07) is 8.16. The van der Waals surface area contributed by atoms with Crippen molar-refractivity contribution in [2.24, 2.45) is 0 Å². The fraction of sp³-hybridized carbons (Fsp3) is 0.286. The Morgan fingerprint density at radius 1 is 1.07 bits per heavy atom. The zero-order valence-corrected chi connectivity index (χ0v) is 23.9. The molecule has 2 aromatic heterocycles. The van der Waals surface area contributed by atoms with Crippen molar-refractivity contribution in [3.63, 3.8) is 0 Å². The van der Waals surface area contributed by atoms with Crippen LogP contribution < -0.4 is 14.2 Å². The molecule has 3 rings (SSSR count). The van der Waals surface area contributed by atoms with Gasteiger partial charge in [0.1, 0.15) is 6.61 Å². The lowest BCUT2D eigenvalue weighted by atomic mass is 9.87. The van der Waals surface area contributed by atoms with E-state index in [0.717, 1.165) is 5.56 Å². The van der Waals surface area contributed by atoms with E-state index < -0.39 is 10.0 Å². The number of nitrogens with zero attached hydrogens (tertiary/aromatic N) is 4. The third kappa shape index (κ3) is 7.42. The molecule has 12 heteroatoms. The smallest absolute Gasteiger partial charge is 0.263 e. The molecule has 212 valence electrons. The largest absolute Gasteiger partial charge is 0.493 e. The normalized spacial score (nSPS) is 12.6. The van der Waals surface area contributed by atoms with Crippen molar-refractivity contribution in [2.75, 3.05) is 25.0 Å². The van der Waals surface area contributed by atoms with Gasteiger partial charge in [-0.25, -0.2) is 23.4 Å². The number of rotatable bonds is 12. The highest BCUT2D eigenvalue weighted by molar-refractivity contribution is 7.92. The van der Waals surface area contributed by atoms with Crippen molar-refractivity contribution >= 4 is 15.8 Å². The van der Waals surface area contributed by atoms with Crippen LogP contribution in [0.5, 0.6) is 11.6 Å². The quantitative estimate of drug-likeness (QED) is 0.238. The summed E-state index contributed by atoms with van der Waals surface area (Å²) in [4.78, 5) is 17.1. The van der Waals surface area contributed by atoms with Crippen LogP contribution >= 0.6 is 0 Å². The van der Waals surface area contributed by atoms with Gasteiger partial charge >= 0.3 is 0 Å². The summed E-state index contributed by atoms with van der Waals surface area (Å²) in [6.07, 6.45) is 7.70. The molecule has 0 spiro atoms. The number of benzene rings is 1. The van der Waals surface area contributed by atoms with Gasteiger partial charge in [0, 0.05) is 12.4 Å². The number of aliphatic hydroxyl groups is 1. The highest BCUT2D eigenvalue weighted by Crippen LogP contribution is 2.38. The van der Waals surface area contributed by atoms with E-state index in [-0.39, 0.29) is 64.1 Å². The molecule has 0 amide bonds. The molecule has 2 heterocycles. The molecule has 0 fully saturated rings. The van der Waals surface area contributed by atoms with Gasteiger partial charge < -0.3 is 19.3 Å². The molecule has 3 aromatic rings. The van der Waals surface area contributed by atoms with Gasteiger partial charge in [-0.2, -0.15) is 4.98 Å². The molecule has 0 aliphatic carbocycles. The van der Waals surface area contributed by atoms with Crippen molar-refractivity contribution < 1.29 is 27.7 Å². The lowest BCUT2D eigenvalue weighted by Gasteiger charge is -2.20.